The van der Waals surface area contributed by atoms with Gasteiger partial charge >= 0.3 is 0 Å². The fraction of sp³-hybridized carbons (Fsp3) is 0.458. The fourth-order valence-electron chi connectivity index (χ4n) is 2.79. The molecule has 0 radical (unpaired) electrons. The number of amides is 1. The third kappa shape index (κ3) is 7.00. The standard InChI is InChI=1S/C24H33NO4/c1-6-7-14-28-22-13-8-19(15-23(22)27-5)16-25-24(26)18(4)29-21-11-9-20(10-12-21)17(2)3/h8-13,15,17-18H,6-7,14,16H2,1-5H3,(H,25,26). The summed E-state index contributed by atoms with van der Waals surface area (Å²) in [6, 6.07) is 13.6. The summed E-state index contributed by atoms with van der Waals surface area (Å²) in [6.07, 6.45) is 1.49. The van der Waals surface area contributed by atoms with Crippen molar-refractivity contribution < 1.29 is 19.0 Å². The van der Waals surface area contributed by atoms with Crippen molar-refractivity contribution in [2.45, 2.75) is 59.1 Å². The van der Waals surface area contributed by atoms with Crippen LogP contribution in [0.5, 0.6) is 17.2 Å². The molecule has 0 fully saturated rings. The monoisotopic (exact) mass is 399 g/mol. The van der Waals surface area contributed by atoms with E-state index in [-0.39, 0.29) is 5.91 Å². The number of hydrogen-bond acceptors (Lipinski definition) is 4. The lowest BCUT2D eigenvalue weighted by molar-refractivity contribution is -0.127. The number of hydrogen-bond donors (Lipinski definition) is 1. The van der Waals surface area contributed by atoms with Crippen molar-refractivity contribution >= 4 is 5.91 Å². The zero-order valence-electron chi connectivity index (χ0n) is 18.2. The summed E-state index contributed by atoms with van der Waals surface area (Å²) in [5.74, 6) is 2.37. The number of ether oxygens (including phenoxy) is 3. The molecule has 0 aromatic heterocycles. The van der Waals surface area contributed by atoms with Gasteiger partial charge in [0.05, 0.1) is 13.7 Å². The Morgan fingerprint density at radius 2 is 1.76 bits per heavy atom. The third-order valence-corrected chi connectivity index (χ3v) is 4.68. The van der Waals surface area contributed by atoms with Crippen LogP contribution in [0.25, 0.3) is 0 Å². The second-order valence-electron chi connectivity index (χ2n) is 7.39. The van der Waals surface area contributed by atoms with E-state index in [2.05, 4.69) is 26.1 Å². The number of nitrogens with one attached hydrogen (secondary N) is 1. The summed E-state index contributed by atoms with van der Waals surface area (Å²) in [4.78, 5) is 12.4. The first kappa shape index (κ1) is 22.6. The summed E-state index contributed by atoms with van der Waals surface area (Å²) in [5, 5.41) is 2.91. The van der Waals surface area contributed by atoms with E-state index in [1.807, 2.05) is 42.5 Å². The zero-order valence-corrected chi connectivity index (χ0v) is 18.2. The molecule has 2 rings (SSSR count). The lowest BCUT2D eigenvalue weighted by atomic mass is 10.0. The van der Waals surface area contributed by atoms with E-state index < -0.39 is 6.10 Å². The molecule has 0 aliphatic carbocycles. The Hall–Kier alpha value is -2.69. The lowest BCUT2D eigenvalue weighted by Gasteiger charge is -2.16. The average Bonchev–Trinajstić information content (AvgIpc) is 2.73. The molecule has 0 saturated heterocycles. The Morgan fingerprint density at radius 1 is 1.03 bits per heavy atom. The molecule has 5 nitrogen and oxygen atoms in total. The highest BCUT2D eigenvalue weighted by Gasteiger charge is 2.15. The van der Waals surface area contributed by atoms with Gasteiger partial charge in [-0.3, -0.25) is 4.79 Å². The van der Waals surface area contributed by atoms with Crippen molar-refractivity contribution in [2.24, 2.45) is 0 Å². The largest absolute Gasteiger partial charge is 0.493 e. The maximum absolute atomic E-state index is 12.4. The minimum Gasteiger partial charge on any atom is -0.493 e. The lowest BCUT2D eigenvalue weighted by Crippen LogP contribution is -2.35. The van der Waals surface area contributed by atoms with Gasteiger partial charge in [-0.05, 0) is 54.7 Å². The summed E-state index contributed by atoms with van der Waals surface area (Å²) >= 11 is 0. The maximum atomic E-state index is 12.4. The van der Waals surface area contributed by atoms with Crippen LogP contribution in [0, 0.1) is 0 Å². The fourth-order valence-corrected chi connectivity index (χ4v) is 2.79. The van der Waals surface area contributed by atoms with Crippen molar-refractivity contribution in [3.63, 3.8) is 0 Å². The highest BCUT2D eigenvalue weighted by Crippen LogP contribution is 2.28. The second-order valence-corrected chi connectivity index (χ2v) is 7.39. The highest BCUT2D eigenvalue weighted by atomic mass is 16.5. The van der Waals surface area contributed by atoms with Gasteiger partial charge in [0, 0.05) is 6.54 Å². The molecule has 1 N–H and O–H groups in total. The number of carbonyl (C=O) groups excluding carboxylic acids is 1. The molecule has 5 heteroatoms. The summed E-state index contributed by atoms with van der Waals surface area (Å²) in [5.41, 5.74) is 2.18. The Balaban J connectivity index is 1.88. The van der Waals surface area contributed by atoms with Gasteiger partial charge in [-0.15, -0.1) is 0 Å². The van der Waals surface area contributed by atoms with Crippen LogP contribution in [0.2, 0.25) is 0 Å². The second kappa shape index (κ2) is 11.3. The molecule has 1 atom stereocenters. The molecule has 0 aliphatic rings. The molecule has 0 bridgehead atoms. The van der Waals surface area contributed by atoms with Crippen molar-refractivity contribution in [3.05, 3.63) is 53.6 Å². The molecule has 2 aromatic carbocycles. The predicted octanol–water partition coefficient (Wildman–Crippen LogP) is 5.08. The number of carbonyl (C=O) groups is 1. The Bertz CT molecular complexity index is 771. The molecule has 158 valence electrons. The van der Waals surface area contributed by atoms with Gasteiger partial charge in [0.15, 0.2) is 17.6 Å². The molecule has 1 unspecified atom stereocenters. The van der Waals surface area contributed by atoms with Crippen molar-refractivity contribution in [1.29, 1.82) is 0 Å². The molecule has 0 heterocycles. The quantitative estimate of drug-likeness (QED) is 0.535. The summed E-state index contributed by atoms with van der Waals surface area (Å²) in [6.45, 7) is 9.21. The SMILES string of the molecule is CCCCOc1ccc(CNC(=O)C(C)Oc2ccc(C(C)C)cc2)cc1OC. The topological polar surface area (TPSA) is 56.8 Å². The number of rotatable bonds is 11. The Kier molecular flexibility index (Phi) is 8.84. The first-order chi connectivity index (χ1) is 13.9. The number of methoxy groups -OCH3 is 1. The van der Waals surface area contributed by atoms with Gasteiger partial charge in [0.2, 0.25) is 0 Å². The van der Waals surface area contributed by atoms with Crippen LogP contribution in [-0.4, -0.2) is 25.7 Å². The zero-order chi connectivity index (χ0) is 21.2. The number of unbranched alkanes of at least 4 members (excludes halogenated alkanes) is 1. The van der Waals surface area contributed by atoms with E-state index in [1.54, 1.807) is 14.0 Å². The Morgan fingerprint density at radius 3 is 2.38 bits per heavy atom. The normalized spacial score (nSPS) is 11.8. The van der Waals surface area contributed by atoms with Crippen molar-refractivity contribution in [1.82, 2.24) is 5.32 Å². The molecule has 0 aliphatic heterocycles. The van der Waals surface area contributed by atoms with Gasteiger partial charge in [-0.2, -0.15) is 0 Å². The van der Waals surface area contributed by atoms with Crippen molar-refractivity contribution in [3.8, 4) is 17.2 Å². The van der Waals surface area contributed by atoms with Gasteiger partial charge in [-0.25, -0.2) is 0 Å². The summed E-state index contributed by atoms with van der Waals surface area (Å²) in [7, 11) is 1.62. The molecular weight excluding hydrogens is 366 g/mol. The van der Waals surface area contributed by atoms with Crippen LogP contribution < -0.4 is 19.5 Å². The number of benzene rings is 2. The van der Waals surface area contributed by atoms with Gasteiger partial charge in [0.1, 0.15) is 5.75 Å². The van der Waals surface area contributed by atoms with E-state index in [0.29, 0.717) is 30.6 Å². The van der Waals surface area contributed by atoms with E-state index in [1.165, 1.54) is 5.56 Å². The van der Waals surface area contributed by atoms with Gasteiger partial charge in [-0.1, -0.05) is 45.4 Å². The van der Waals surface area contributed by atoms with E-state index in [9.17, 15) is 4.79 Å². The van der Waals surface area contributed by atoms with Crippen molar-refractivity contribution in [2.75, 3.05) is 13.7 Å². The molecule has 29 heavy (non-hydrogen) atoms. The van der Waals surface area contributed by atoms with Crippen LogP contribution in [0.3, 0.4) is 0 Å². The maximum Gasteiger partial charge on any atom is 0.261 e. The van der Waals surface area contributed by atoms with Gasteiger partial charge < -0.3 is 19.5 Å². The van der Waals surface area contributed by atoms with E-state index >= 15 is 0 Å². The predicted molar refractivity (Wildman–Crippen MR) is 116 cm³/mol. The minimum absolute atomic E-state index is 0.167. The molecule has 0 saturated carbocycles. The van der Waals surface area contributed by atoms with Crippen LogP contribution >= 0.6 is 0 Å². The molecule has 1 amide bonds. The van der Waals surface area contributed by atoms with Crippen LogP contribution in [-0.2, 0) is 11.3 Å². The Labute approximate surface area is 174 Å². The molecular formula is C24H33NO4. The smallest absolute Gasteiger partial charge is 0.261 e. The first-order valence-electron chi connectivity index (χ1n) is 10.3. The van der Waals surface area contributed by atoms with Crippen LogP contribution in [0.15, 0.2) is 42.5 Å². The highest BCUT2D eigenvalue weighted by molar-refractivity contribution is 5.80. The van der Waals surface area contributed by atoms with E-state index in [4.69, 9.17) is 14.2 Å². The van der Waals surface area contributed by atoms with Crippen LogP contribution in [0.4, 0.5) is 0 Å². The summed E-state index contributed by atoms with van der Waals surface area (Å²) < 4.78 is 16.9. The molecule has 0 spiro atoms. The van der Waals surface area contributed by atoms with Crippen LogP contribution in [0.1, 0.15) is 57.6 Å². The minimum atomic E-state index is -0.585. The first-order valence-corrected chi connectivity index (χ1v) is 10.3. The third-order valence-electron chi connectivity index (χ3n) is 4.68. The molecule has 2 aromatic rings. The van der Waals surface area contributed by atoms with Gasteiger partial charge in [0.25, 0.3) is 5.91 Å². The van der Waals surface area contributed by atoms with E-state index in [0.717, 1.165) is 24.2 Å². The average molecular weight is 400 g/mol.